The third-order valence-corrected chi connectivity index (χ3v) is 6.02. The number of amides is 2. The molecule has 30 heavy (non-hydrogen) atoms. The summed E-state index contributed by atoms with van der Waals surface area (Å²) in [5.74, 6) is -1.16. The standard InChI is InChI=1S/C21H24ClN5O3/c1-11-5-3-6-12(2)27(11)21-25-18-17(20(30)26-21)15(10-16(28)24-18)19(29)23-14-8-4-7-13(22)9-14/h4,7-9,11-12,15H,3,5-6,10H2,1-2H3,(H,23,29)(H2,24,25,26,28,30)/t11-,12-,15-/m1/s1. The highest BCUT2D eigenvalue weighted by Crippen LogP contribution is 2.32. The fourth-order valence-corrected chi connectivity index (χ4v) is 4.53. The Bertz CT molecular complexity index is 1040. The lowest BCUT2D eigenvalue weighted by Crippen LogP contribution is -2.46. The maximum Gasteiger partial charge on any atom is 0.258 e. The summed E-state index contributed by atoms with van der Waals surface area (Å²) in [6.07, 6.45) is 3.00. The van der Waals surface area contributed by atoms with Gasteiger partial charge in [0.2, 0.25) is 17.8 Å². The number of hydrogen-bond donors (Lipinski definition) is 3. The van der Waals surface area contributed by atoms with Gasteiger partial charge in [0.15, 0.2) is 0 Å². The molecule has 3 N–H and O–H groups in total. The first-order valence-electron chi connectivity index (χ1n) is 10.1. The van der Waals surface area contributed by atoms with E-state index in [0.29, 0.717) is 16.7 Å². The van der Waals surface area contributed by atoms with Gasteiger partial charge in [-0.05, 0) is 51.3 Å². The maximum atomic E-state index is 13.0. The van der Waals surface area contributed by atoms with Crippen LogP contribution in [0.4, 0.5) is 17.5 Å². The molecule has 2 amide bonds. The average Bonchev–Trinajstić information content (AvgIpc) is 2.67. The summed E-state index contributed by atoms with van der Waals surface area (Å²) in [5, 5.41) is 5.88. The van der Waals surface area contributed by atoms with Crippen LogP contribution in [0.25, 0.3) is 0 Å². The van der Waals surface area contributed by atoms with E-state index < -0.39 is 17.4 Å². The Morgan fingerprint density at radius 1 is 1.23 bits per heavy atom. The first kappa shape index (κ1) is 20.4. The van der Waals surface area contributed by atoms with Crippen LogP contribution in [0.2, 0.25) is 5.02 Å². The monoisotopic (exact) mass is 429 g/mol. The zero-order chi connectivity index (χ0) is 21.4. The second kappa shape index (κ2) is 8.10. The molecule has 0 radical (unpaired) electrons. The fourth-order valence-electron chi connectivity index (χ4n) is 4.34. The molecule has 0 bridgehead atoms. The summed E-state index contributed by atoms with van der Waals surface area (Å²) >= 11 is 5.97. The van der Waals surface area contributed by atoms with Gasteiger partial charge < -0.3 is 15.5 Å². The van der Waals surface area contributed by atoms with Crippen LogP contribution in [0.3, 0.4) is 0 Å². The molecule has 0 saturated carbocycles. The van der Waals surface area contributed by atoms with E-state index in [2.05, 4.69) is 39.3 Å². The smallest absolute Gasteiger partial charge is 0.258 e. The number of nitrogens with one attached hydrogen (secondary N) is 3. The first-order chi connectivity index (χ1) is 14.3. The van der Waals surface area contributed by atoms with Crippen molar-refractivity contribution in [2.45, 2.75) is 57.5 Å². The molecule has 1 aromatic heterocycles. The molecule has 2 aliphatic rings. The lowest BCUT2D eigenvalue weighted by Gasteiger charge is -2.39. The third kappa shape index (κ3) is 3.92. The van der Waals surface area contributed by atoms with Crippen LogP contribution in [0.15, 0.2) is 29.1 Å². The van der Waals surface area contributed by atoms with Gasteiger partial charge in [0.25, 0.3) is 5.56 Å². The van der Waals surface area contributed by atoms with Crippen LogP contribution >= 0.6 is 11.6 Å². The van der Waals surface area contributed by atoms with Gasteiger partial charge in [-0.3, -0.25) is 19.4 Å². The number of nitrogens with zero attached hydrogens (tertiary/aromatic N) is 2. The van der Waals surface area contributed by atoms with Crippen molar-refractivity contribution in [1.29, 1.82) is 0 Å². The Morgan fingerprint density at radius 3 is 2.67 bits per heavy atom. The SMILES string of the molecule is C[C@@H]1CCC[C@@H](C)N1c1nc2c(c(=O)[nH]1)[C@H](C(=O)Nc1cccc(Cl)c1)CC(=O)N2. The highest BCUT2D eigenvalue weighted by Gasteiger charge is 2.36. The number of hydrogen-bond acceptors (Lipinski definition) is 5. The molecule has 0 unspecified atom stereocenters. The third-order valence-electron chi connectivity index (χ3n) is 5.79. The molecule has 0 aliphatic carbocycles. The Balaban J connectivity index is 1.68. The van der Waals surface area contributed by atoms with E-state index in [0.717, 1.165) is 19.3 Å². The van der Waals surface area contributed by atoms with Gasteiger partial charge in [0.1, 0.15) is 5.82 Å². The minimum atomic E-state index is -0.936. The normalized spacial score (nSPS) is 23.5. The number of anilines is 3. The second-order valence-corrected chi connectivity index (χ2v) is 8.43. The summed E-state index contributed by atoms with van der Waals surface area (Å²) < 4.78 is 0. The molecule has 2 aliphatic heterocycles. The summed E-state index contributed by atoms with van der Waals surface area (Å²) in [7, 11) is 0. The van der Waals surface area contributed by atoms with Crippen LogP contribution in [0.1, 0.15) is 51.0 Å². The van der Waals surface area contributed by atoms with Crippen molar-refractivity contribution in [2.24, 2.45) is 0 Å². The summed E-state index contributed by atoms with van der Waals surface area (Å²) in [5.41, 5.74) is 0.262. The topological polar surface area (TPSA) is 107 Å². The Kier molecular flexibility index (Phi) is 5.51. The van der Waals surface area contributed by atoms with E-state index in [4.69, 9.17) is 11.6 Å². The van der Waals surface area contributed by atoms with Gasteiger partial charge in [-0.25, -0.2) is 0 Å². The molecule has 2 aromatic rings. The lowest BCUT2D eigenvalue weighted by atomic mass is 9.92. The molecule has 9 heteroatoms. The number of H-pyrrole nitrogens is 1. The number of aromatic nitrogens is 2. The van der Waals surface area contributed by atoms with E-state index in [-0.39, 0.29) is 35.8 Å². The zero-order valence-electron chi connectivity index (χ0n) is 16.9. The number of fused-ring (bicyclic) bond motifs is 1. The highest BCUT2D eigenvalue weighted by molar-refractivity contribution is 6.30. The van der Waals surface area contributed by atoms with Gasteiger partial charge >= 0.3 is 0 Å². The minimum absolute atomic E-state index is 0.125. The largest absolute Gasteiger partial charge is 0.337 e. The molecule has 1 aromatic carbocycles. The first-order valence-corrected chi connectivity index (χ1v) is 10.5. The minimum Gasteiger partial charge on any atom is -0.337 e. The number of rotatable bonds is 3. The number of benzene rings is 1. The molecule has 3 heterocycles. The number of carbonyl (C=O) groups excluding carboxylic acids is 2. The van der Waals surface area contributed by atoms with Crippen LogP contribution in [0, 0.1) is 0 Å². The molecular formula is C21H24ClN5O3. The van der Waals surface area contributed by atoms with E-state index in [9.17, 15) is 14.4 Å². The molecular weight excluding hydrogens is 406 g/mol. The predicted molar refractivity (Wildman–Crippen MR) is 116 cm³/mol. The van der Waals surface area contributed by atoms with Crippen molar-refractivity contribution in [2.75, 3.05) is 15.5 Å². The Hall–Kier alpha value is -2.87. The van der Waals surface area contributed by atoms with E-state index in [1.165, 1.54) is 0 Å². The lowest BCUT2D eigenvalue weighted by molar-refractivity contribution is -0.123. The average molecular weight is 430 g/mol. The van der Waals surface area contributed by atoms with Gasteiger partial charge in [0, 0.05) is 29.2 Å². The van der Waals surface area contributed by atoms with E-state index in [1.807, 2.05) is 0 Å². The van der Waals surface area contributed by atoms with Gasteiger partial charge in [-0.15, -0.1) is 0 Å². The van der Waals surface area contributed by atoms with Crippen molar-refractivity contribution < 1.29 is 9.59 Å². The Morgan fingerprint density at radius 2 is 1.97 bits per heavy atom. The summed E-state index contributed by atoms with van der Waals surface area (Å²) in [6.45, 7) is 4.18. The van der Waals surface area contributed by atoms with Crippen LogP contribution in [0.5, 0.6) is 0 Å². The number of piperidine rings is 1. The molecule has 0 spiro atoms. The molecule has 8 nitrogen and oxygen atoms in total. The van der Waals surface area contributed by atoms with E-state index >= 15 is 0 Å². The molecule has 3 atom stereocenters. The van der Waals surface area contributed by atoms with Crippen molar-refractivity contribution in [3.8, 4) is 0 Å². The van der Waals surface area contributed by atoms with Crippen LogP contribution in [-0.2, 0) is 9.59 Å². The van der Waals surface area contributed by atoms with Crippen molar-refractivity contribution in [1.82, 2.24) is 9.97 Å². The quantitative estimate of drug-likeness (QED) is 0.694. The number of halogens is 1. The summed E-state index contributed by atoms with van der Waals surface area (Å²) in [4.78, 5) is 47.7. The van der Waals surface area contributed by atoms with Crippen LogP contribution < -0.4 is 21.1 Å². The number of aromatic amines is 1. The van der Waals surface area contributed by atoms with Gasteiger partial charge in [-0.1, -0.05) is 17.7 Å². The maximum absolute atomic E-state index is 13.0. The summed E-state index contributed by atoms with van der Waals surface area (Å²) in [6, 6.07) is 7.14. The number of carbonyl (C=O) groups is 2. The molecule has 1 fully saturated rings. The van der Waals surface area contributed by atoms with Crippen molar-refractivity contribution in [3.05, 3.63) is 45.2 Å². The second-order valence-electron chi connectivity index (χ2n) is 7.99. The fraction of sp³-hybridized carbons (Fsp3) is 0.429. The van der Waals surface area contributed by atoms with Crippen LogP contribution in [-0.4, -0.2) is 33.9 Å². The van der Waals surface area contributed by atoms with Gasteiger partial charge in [-0.2, -0.15) is 4.98 Å². The van der Waals surface area contributed by atoms with Crippen molar-refractivity contribution >= 4 is 40.9 Å². The van der Waals surface area contributed by atoms with Gasteiger partial charge in [0.05, 0.1) is 11.5 Å². The predicted octanol–water partition coefficient (Wildman–Crippen LogP) is 3.26. The van der Waals surface area contributed by atoms with E-state index in [1.54, 1.807) is 24.3 Å². The highest BCUT2D eigenvalue weighted by atomic mass is 35.5. The zero-order valence-corrected chi connectivity index (χ0v) is 17.6. The molecule has 1 saturated heterocycles. The Labute approximate surface area is 179 Å². The molecule has 4 rings (SSSR count). The van der Waals surface area contributed by atoms with Crippen molar-refractivity contribution in [3.63, 3.8) is 0 Å². The molecule has 158 valence electrons.